The van der Waals surface area contributed by atoms with Gasteiger partial charge in [-0.05, 0) is 44.2 Å². The minimum atomic E-state index is 0.0915. The van der Waals surface area contributed by atoms with Crippen LogP contribution in [0, 0.1) is 19.3 Å². The average Bonchev–Trinajstić information content (AvgIpc) is 2.38. The highest BCUT2D eigenvalue weighted by Crippen LogP contribution is 2.38. The van der Waals surface area contributed by atoms with E-state index in [2.05, 4.69) is 32.0 Å². The van der Waals surface area contributed by atoms with Crippen molar-refractivity contribution >= 4 is 5.78 Å². The molecular formula is C18H27NO. The second-order valence-electron chi connectivity index (χ2n) is 6.65. The van der Waals surface area contributed by atoms with Crippen molar-refractivity contribution in [1.82, 2.24) is 0 Å². The topological polar surface area (TPSA) is 43.1 Å². The van der Waals surface area contributed by atoms with Gasteiger partial charge in [-0.1, -0.05) is 48.6 Å². The number of carbonyl (C=O) groups is 1. The quantitative estimate of drug-likeness (QED) is 0.888. The predicted octanol–water partition coefficient (Wildman–Crippen LogP) is 3.71. The van der Waals surface area contributed by atoms with Gasteiger partial charge in [-0.15, -0.1) is 0 Å². The number of nitrogens with two attached hydrogens (primary N) is 1. The van der Waals surface area contributed by atoms with Crippen molar-refractivity contribution < 1.29 is 4.79 Å². The lowest BCUT2D eigenvalue weighted by molar-refractivity contribution is -0.121. The number of hydrogen-bond donors (Lipinski definition) is 1. The smallest absolute Gasteiger partial charge is 0.137 e. The van der Waals surface area contributed by atoms with Gasteiger partial charge in [0.2, 0.25) is 0 Å². The molecule has 20 heavy (non-hydrogen) atoms. The summed E-state index contributed by atoms with van der Waals surface area (Å²) in [6.07, 6.45) is 7.24. The SMILES string of the molecule is Cc1cc(C)cc(CC(=O)CC2(CN)CCCCC2)c1. The first-order valence-corrected chi connectivity index (χ1v) is 7.82. The van der Waals surface area contributed by atoms with Gasteiger partial charge in [0.05, 0.1) is 0 Å². The molecule has 1 aliphatic rings. The van der Waals surface area contributed by atoms with Gasteiger partial charge in [0.25, 0.3) is 0 Å². The summed E-state index contributed by atoms with van der Waals surface area (Å²) in [5.74, 6) is 0.349. The Morgan fingerprint density at radius 1 is 1.10 bits per heavy atom. The molecule has 0 heterocycles. The second kappa shape index (κ2) is 6.53. The number of benzene rings is 1. The Hall–Kier alpha value is -1.15. The van der Waals surface area contributed by atoms with E-state index in [0.717, 1.165) is 18.4 Å². The Labute approximate surface area is 122 Å². The second-order valence-corrected chi connectivity index (χ2v) is 6.65. The molecule has 1 saturated carbocycles. The van der Waals surface area contributed by atoms with Gasteiger partial charge in [0, 0.05) is 12.8 Å². The fourth-order valence-corrected chi connectivity index (χ4v) is 3.63. The lowest BCUT2D eigenvalue weighted by Crippen LogP contribution is -2.35. The summed E-state index contributed by atoms with van der Waals surface area (Å²) in [4.78, 5) is 12.4. The molecule has 0 saturated heterocycles. The zero-order valence-electron chi connectivity index (χ0n) is 12.9. The molecule has 2 nitrogen and oxygen atoms in total. The maximum Gasteiger partial charge on any atom is 0.137 e. The van der Waals surface area contributed by atoms with Crippen molar-refractivity contribution in [1.29, 1.82) is 0 Å². The summed E-state index contributed by atoms with van der Waals surface area (Å²) in [5.41, 5.74) is 9.69. The third-order valence-corrected chi connectivity index (χ3v) is 4.60. The molecule has 0 radical (unpaired) electrons. The van der Waals surface area contributed by atoms with Crippen LogP contribution in [0.3, 0.4) is 0 Å². The number of hydrogen-bond acceptors (Lipinski definition) is 2. The highest BCUT2D eigenvalue weighted by Gasteiger charge is 2.32. The molecule has 0 aliphatic heterocycles. The summed E-state index contributed by atoms with van der Waals surface area (Å²) in [7, 11) is 0. The van der Waals surface area contributed by atoms with Crippen LogP contribution < -0.4 is 5.73 Å². The first-order chi connectivity index (χ1) is 9.53. The van der Waals surface area contributed by atoms with E-state index >= 15 is 0 Å². The van der Waals surface area contributed by atoms with Crippen molar-refractivity contribution in [2.75, 3.05) is 6.54 Å². The van der Waals surface area contributed by atoms with E-state index in [4.69, 9.17) is 5.73 Å². The summed E-state index contributed by atoms with van der Waals surface area (Å²) in [5, 5.41) is 0. The molecule has 2 N–H and O–H groups in total. The zero-order valence-corrected chi connectivity index (χ0v) is 12.9. The van der Waals surface area contributed by atoms with Gasteiger partial charge in [-0.25, -0.2) is 0 Å². The van der Waals surface area contributed by atoms with Gasteiger partial charge in [-0.2, -0.15) is 0 Å². The fourth-order valence-electron chi connectivity index (χ4n) is 3.63. The summed E-state index contributed by atoms with van der Waals surface area (Å²) >= 11 is 0. The van der Waals surface area contributed by atoms with Crippen LogP contribution in [0.1, 0.15) is 55.2 Å². The van der Waals surface area contributed by atoms with Gasteiger partial charge < -0.3 is 5.73 Å². The van der Waals surface area contributed by atoms with Crippen LogP contribution in [-0.4, -0.2) is 12.3 Å². The Morgan fingerprint density at radius 3 is 2.25 bits per heavy atom. The fraction of sp³-hybridized carbons (Fsp3) is 0.611. The standard InChI is InChI=1S/C18H27NO/c1-14-8-15(2)10-16(9-14)11-17(20)12-18(13-19)6-4-3-5-7-18/h8-10H,3-7,11-13,19H2,1-2H3. The Bertz CT molecular complexity index is 452. The minimum Gasteiger partial charge on any atom is -0.330 e. The van der Waals surface area contributed by atoms with Crippen molar-refractivity contribution in [2.45, 2.75) is 58.8 Å². The van der Waals surface area contributed by atoms with Crippen molar-refractivity contribution in [3.05, 3.63) is 34.9 Å². The molecule has 110 valence electrons. The summed E-state index contributed by atoms with van der Waals surface area (Å²) < 4.78 is 0. The normalized spacial score (nSPS) is 17.9. The van der Waals surface area contributed by atoms with E-state index in [0.29, 0.717) is 25.2 Å². The van der Waals surface area contributed by atoms with Crippen molar-refractivity contribution in [3.8, 4) is 0 Å². The minimum absolute atomic E-state index is 0.0915. The number of aryl methyl sites for hydroxylation is 2. The van der Waals surface area contributed by atoms with E-state index in [-0.39, 0.29) is 5.41 Å². The largest absolute Gasteiger partial charge is 0.330 e. The average molecular weight is 273 g/mol. The predicted molar refractivity (Wildman–Crippen MR) is 83.8 cm³/mol. The highest BCUT2D eigenvalue weighted by molar-refractivity contribution is 5.81. The van der Waals surface area contributed by atoms with E-state index in [1.165, 1.54) is 30.4 Å². The number of ketones is 1. The van der Waals surface area contributed by atoms with Crippen LogP contribution in [0.15, 0.2) is 18.2 Å². The first kappa shape index (κ1) is 15.2. The van der Waals surface area contributed by atoms with Crippen LogP contribution in [0.5, 0.6) is 0 Å². The molecule has 0 amide bonds. The molecule has 1 aromatic carbocycles. The van der Waals surface area contributed by atoms with E-state index in [9.17, 15) is 4.79 Å². The van der Waals surface area contributed by atoms with E-state index in [1.807, 2.05) is 0 Å². The Balaban J connectivity index is 2.00. The van der Waals surface area contributed by atoms with Gasteiger partial charge >= 0.3 is 0 Å². The molecule has 2 rings (SSSR count). The van der Waals surface area contributed by atoms with Gasteiger partial charge in [0.15, 0.2) is 0 Å². The molecule has 0 unspecified atom stereocenters. The molecule has 0 aromatic heterocycles. The summed E-state index contributed by atoms with van der Waals surface area (Å²) in [6, 6.07) is 6.40. The lowest BCUT2D eigenvalue weighted by Gasteiger charge is -2.35. The number of carbonyl (C=O) groups excluding carboxylic acids is 1. The summed E-state index contributed by atoms with van der Waals surface area (Å²) in [6.45, 7) is 4.83. The van der Waals surface area contributed by atoms with E-state index < -0.39 is 0 Å². The van der Waals surface area contributed by atoms with Crippen LogP contribution in [0.25, 0.3) is 0 Å². The molecule has 0 bridgehead atoms. The number of rotatable bonds is 5. The van der Waals surface area contributed by atoms with Crippen LogP contribution in [0.4, 0.5) is 0 Å². The van der Waals surface area contributed by atoms with Crippen LogP contribution >= 0.6 is 0 Å². The van der Waals surface area contributed by atoms with Gasteiger partial charge in [-0.3, -0.25) is 4.79 Å². The molecule has 0 atom stereocenters. The Morgan fingerprint density at radius 2 is 1.70 bits per heavy atom. The molecule has 1 fully saturated rings. The molecular weight excluding hydrogens is 246 g/mol. The number of Topliss-reactive ketones (excluding diaryl/α,β-unsaturated/α-hetero) is 1. The molecule has 0 spiro atoms. The first-order valence-electron chi connectivity index (χ1n) is 7.82. The molecule has 1 aromatic rings. The third kappa shape index (κ3) is 3.92. The van der Waals surface area contributed by atoms with Gasteiger partial charge in [0.1, 0.15) is 5.78 Å². The van der Waals surface area contributed by atoms with Crippen molar-refractivity contribution in [2.24, 2.45) is 11.1 Å². The molecule has 1 aliphatic carbocycles. The third-order valence-electron chi connectivity index (χ3n) is 4.60. The van der Waals surface area contributed by atoms with Crippen molar-refractivity contribution in [3.63, 3.8) is 0 Å². The van der Waals surface area contributed by atoms with Crippen LogP contribution in [-0.2, 0) is 11.2 Å². The lowest BCUT2D eigenvalue weighted by atomic mass is 9.70. The Kier molecular flexibility index (Phi) is 4.98. The van der Waals surface area contributed by atoms with E-state index in [1.54, 1.807) is 0 Å². The maximum atomic E-state index is 12.4. The van der Waals surface area contributed by atoms with Crippen LogP contribution in [0.2, 0.25) is 0 Å². The monoisotopic (exact) mass is 273 g/mol. The highest BCUT2D eigenvalue weighted by atomic mass is 16.1. The zero-order chi connectivity index (χ0) is 14.6. The maximum absolute atomic E-state index is 12.4. The molecule has 2 heteroatoms.